The third-order valence-corrected chi connectivity index (χ3v) is 5.59. The molecule has 0 saturated carbocycles. The first-order chi connectivity index (χ1) is 14.2. The Morgan fingerprint density at radius 1 is 1.13 bits per heavy atom. The number of carbonyl (C=O) groups is 2. The van der Waals surface area contributed by atoms with Crippen LogP contribution in [-0.2, 0) is 16.1 Å². The summed E-state index contributed by atoms with van der Waals surface area (Å²) in [5.74, 6) is 0.272. The van der Waals surface area contributed by atoms with Gasteiger partial charge in [0.1, 0.15) is 11.8 Å². The van der Waals surface area contributed by atoms with Crippen molar-refractivity contribution in [2.75, 3.05) is 6.61 Å². The average Bonchev–Trinajstić information content (AvgIpc) is 2.70. The van der Waals surface area contributed by atoms with Gasteiger partial charge in [0.25, 0.3) is 5.91 Å². The molecule has 1 N–H and O–H groups in total. The fraction of sp³-hybridized carbons (Fsp3) is 0.417. The lowest BCUT2D eigenvalue weighted by molar-refractivity contribution is -0.142. The molecule has 0 bridgehead atoms. The molecule has 0 radical (unpaired) electrons. The highest BCUT2D eigenvalue weighted by Crippen LogP contribution is 2.20. The van der Waals surface area contributed by atoms with Gasteiger partial charge in [-0.3, -0.25) is 9.59 Å². The number of amides is 2. The lowest BCUT2D eigenvalue weighted by Gasteiger charge is -2.29. The van der Waals surface area contributed by atoms with Crippen LogP contribution in [0.15, 0.2) is 46.9 Å². The summed E-state index contributed by atoms with van der Waals surface area (Å²) in [6.45, 7) is 9.88. The Balaban J connectivity index is 2.18. The number of halogens is 1. The van der Waals surface area contributed by atoms with Crippen molar-refractivity contribution in [2.24, 2.45) is 0 Å². The molecule has 0 spiro atoms. The number of hydrogen-bond acceptors (Lipinski definition) is 3. The summed E-state index contributed by atoms with van der Waals surface area (Å²) in [5, 5.41) is 2.97. The summed E-state index contributed by atoms with van der Waals surface area (Å²) in [6.07, 6.45) is 0.827. The van der Waals surface area contributed by atoms with E-state index in [1.54, 1.807) is 11.8 Å². The topological polar surface area (TPSA) is 58.6 Å². The molecule has 2 aromatic carbocycles. The number of aryl methyl sites for hydroxylation is 2. The Hall–Kier alpha value is -2.34. The number of hydrogen-bond donors (Lipinski definition) is 1. The van der Waals surface area contributed by atoms with Crippen LogP contribution in [-0.4, -0.2) is 35.4 Å². The van der Waals surface area contributed by atoms with Gasteiger partial charge < -0.3 is 15.0 Å². The van der Waals surface area contributed by atoms with Gasteiger partial charge in [0.05, 0.1) is 0 Å². The van der Waals surface area contributed by atoms with Crippen LogP contribution in [0.2, 0.25) is 0 Å². The molecular weight excluding hydrogens is 444 g/mol. The zero-order valence-corrected chi connectivity index (χ0v) is 20.0. The number of nitrogens with zero attached hydrogens (tertiary/aromatic N) is 1. The maximum absolute atomic E-state index is 13.1. The second-order valence-corrected chi connectivity index (χ2v) is 8.62. The summed E-state index contributed by atoms with van der Waals surface area (Å²) >= 11 is 3.46. The highest BCUT2D eigenvalue weighted by molar-refractivity contribution is 9.10. The van der Waals surface area contributed by atoms with Crippen LogP contribution in [0.1, 0.15) is 43.9 Å². The first-order valence-corrected chi connectivity index (χ1v) is 11.0. The van der Waals surface area contributed by atoms with Gasteiger partial charge in [0, 0.05) is 17.1 Å². The van der Waals surface area contributed by atoms with Gasteiger partial charge in [-0.25, -0.2) is 0 Å². The first kappa shape index (κ1) is 23.9. The van der Waals surface area contributed by atoms with Crippen molar-refractivity contribution in [3.05, 3.63) is 63.6 Å². The van der Waals surface area contributed by atoms with Crippen molar-refractivity contribution in [3.63, 3.8) is 0 Å². The van der Waals surface area contributed by atoms with Gasteiger partial charge in [-0.05, 0) is 63.4 Å². The van der Waals surface area contributed by atoms with Crippen molar-refractivity contribution in [3.8, 4) is 5.75 Å². The zero-order chi connectivity index (χ0) is 22.3. The van der Waals surface area contributed by atoms with E-state index < -0.39 is 6.04 Å². The number of nitrogens with one attached hydrogen (secondary N) is 1. The minimum atomic E-state index is -0.617. The lowest BCUT2D eigenvalue weighted by Crippen LogP contribution is -2.50. The van der Waals surface area contributed by atoms with Gasteiger partial charge in [-0.2, -0.15) is 0 Å². The lowest BCUT2D eigenvalue weighted by atomic mass is 10.1. The molecular formula is C24H31BrN2O3. The summed E-state index contributed by atoms with van der Waals surface area (Å²) < 4.78 is 6.72. The molecule has 0 aliphatic rings. The third-order valence-electron chi connectivity index (χ3n) is 5.09. The van der Waals surface area contributed by atoms with Crippen molar-refractivity contribution in [1.29, 1.82) is 0 Å². The van der Waals surface area contributed by atoms with Crippen molar-refractivity contribution in [2.45, 2.75) is 59.7 Å². The molecule has 0 aliphatic heterocycles. The number of ether oxygens (including phenoxy) is 1. The molecule has 0 aliphatic carbocycles. The van der Waals surface area contributed by atoms with Crippen molar-refractivity contribution >= 4 is 27.7 Å². The first-order valence-electron chi connectivity index (χ1n) is 10.3. The number of carbonyl (C=O) groups excluding carboxylic acids is 2. The molecule has 2 amide bonds. The normalized spacial score (nSPS) is 12.7. The highest BCUT2D eigenvalue weighted by Gasteiger charge is 2.27. The van der Waals surface area contributed by atoms with E-state index in [0.29, 0.717) is 12.3 Å². The Bertz CT molecular complexity index is 885. The Morgan fingerprint density at radius 3 is 2.50 bits per heavy atom. The Labute approximate surface area is 187 Å². The quantitative estimate of drug-likeness (QED) is 0.568. The highest BCUT2D eigenvalue weighted by atomic mass is 79.9. The van der Waals surface area contributed by atoms with Crippen molar-refractivity contribution in [1.82, 2.24) is 10.2 Å². The average molecular weight is 475 g/mol. The van der Waals surface area contributed by atoms with E-state index in [-0.39, 0.29) is 24.5 Å². The van der Waals surface area contributed by atoms with Crippen LogP contribution < -0.4 is 10.1 Å². The van der Waals surface area contributed by atoms with Crippen LogP contribution in [0.4, 0.5) is 0 Å². The molecule has 2 rings (SSSR count). The SMILES string of the molecule is CC[C@@H](C)NC(=O)[C@@H](C)N(Cc1cccc(Br)c1)C(=O)COc1ccc(C)cc1C. The predicted octanol–water partition coefficient (Wildman–Crippen LogP) is 4.78. The summed E-state index contributed by atoms with van der Waals surface area (Å²) in [6, 6.07) is 13.0. The minimum absolute atomic E-state index is 0.0502. The zero-order valence-electron chi connectivity index (χ0n) is 18.4. The number of rotatable bonds is 9. The predicted molar refractivity (Wildman–Crippen MR) is 123 cm³/mol. The van der Waals surface area contributed by atoms with Gasteiger partial charge in [-0.15, -0.1) is 0 Å². The molecule has 0 heterocycles. The molecule has 6 heteroatoms. The maximum atomic E-state index is 13.1. The molecule has 162 valence electrons. The fourth-order valence-corrected chi connectivity index (χ4v) is 3.51. The summed E-state index contributed by atoms with van der Waals surface area (Å²) in [5.41, 5.74) is 3.05. The van der Waals surface area contributed by atoms with E-state index in [9.17, 15) is 9.59 Å². The molecule has 2 aromatic rings. The van der Waals surface area contributed by atoms with Gasteiger partial charge in [-0.1, -0.05) is 52.7 Å². The van der Waals surface area contributed by atoms with Crippen LogP contribution in [0.3, 0.4) is 0 Å². The number of benzene rings is 2. The maximum Gasteiger partial charge on any atom is 0.261 e. The van der Waals surface area contributed by atoms with Crippen LogP contribution in [0, 0.1) is 13.8 Å². The molecule has 0 unspecified atom stereocenters. The summed E-state index contributed by atoms with van der Waals surface area (Å²) in [7, 11) is 0. The van der Waals surface area contributed by atoms with Crippen LogP contribution in [0.5, 0.6) is 5.75 Å². The largest absolute Gasteiger partial charge is 0.483 e. The van der Waals surface area contributed by atoms with Crippen LogP contribution >= 0.6 is 15.9 Å². The van der Waals surface area contributed by atoms with E-state index in [1.165, 1.54) is 0 Å². The van der Waals surface area contributed by atoms with E-state index in [4.69, 9.17) is 4.74 Å². The van der Waals surface area contributed by atoms with E-state index in [1.807, 2.05) is 70.2 Å². The molecule has 5 nitrogen and oxygen atoms in total. The van der Waals surface area contributed by atoms with E-state index in [0.717, 1.165) is 27.6 Å². The third kappa shape index (κ3) is 6.87. The standard InChI is InChI=1S/C24H31BrN2O3/c1-6-18(4)26-24(29)19(5)27(14-20-8-7-9-21(25)13-20)23(28)15-30-22-11-10-16(2)12-17(22)3/h7-13,18-19H,6,14-15H2,1-5H3,(H,26,29)/t18-,19-/m1/s1. The van der Waals surface area contributed by atoms with E-state index in [2.05, 4.69) is 21.2 Å². The van der Waals surface area contributed by atoms with Crippen LogP contribution in [0.25, 0.3) is 0 Å². The van der Waals surface area contributed by atoms with Gasteiger partial charge in [0.15, 0.2) is 6.61 Å². The minimum Gasteiger partial charge on any atom is -0.483 e. The van der Waals surface area contributed by atoms with Crippen molar-refractivity contribution < 1.29 is 14.3 Å². The van der Waals surface area contributed by atoms with Gasteiger partial charge in [0.2, 0.25) is 5.91 Å². The second-order valence-electron chi connectivity index (χ2n) is 7.70. The smallest absolute Gasteiger partial charge is 0.261 e. The monoisotopic (exact) mass is 474 g/mol. The molecule has 0 saturated heterocycles. The Kier molecular flexibility index (Phi) is 8.90. The Morgan fingerprint density at radius 2 is 1.87 bits per heavy atom. The molecule has 2 atom stereocenters. The summed E-state index contributed by atoms with van der Waals surface area (Å²) in [4.78, 5) is 27.4. The fourth-order valence-electron chi connectivity index (χ4n) is 3.06. The molecule has 30 heavy (non-hydrogen) atoms. The second kappa shape index (κ2) is 11.2. The molecule has 0 fully saturated rings. The van der Waals surface area contributed by atoms with Gasteiger partial charge >= 0.3 is 0 Å². The van der Waals surface area contributed by atoms with E-state index >= 15 is 0 Å². The molecule has 0 aromatic heterocycles.